The van der Waals surface area contributed by atoms with Crippen molar-refractivity contribution in [2.45, 2.75) is 45.7 Å². The van der Waals surface area contributed by atoms with Gasteiger partial charge in [-0.3, -0.25) is 4.79 Å². The number of piperidine rings is 1. The van der Waals surface area contributed by atoms with Crippen molar-refractivity contribution >= 4 is 16.9 Å². The van der Waals surface area contributed by atoms with Crippen LogP contribution in [-0.2, 0) is 11.3 Å². The Hall–Kier alpha value is -1.81. The zero-order chi connectivity index (χ0) is 16.7. The van der Waals surface area contributed by atoms with Gasteiger partial charge in [-0.1, -0.05) is 18.6 Å². The summed E-state index contributed by atoms with van der Waals surface area (Å²) in [4.78, 5) is 14.3. The Balaban J connectivity index is 1.34. The van der Waals surface area contributed by atoms with Gasteiger partial charge >= 0.3 is 0 Å². The Labute approximate surface area is 143 Å². The van der Waals surface area contributed by atoms with E-state index in [1.54, 1.807) is 0 Å². The monoisotopic (exact) mass is 326 g/mol. The molecule has 0 spiro atoms. The lowest BCUT2D eigenvalue weighted by Gasteiger charge is -2.37. The van der Waals surface area contributed by atoms with Gasteiger partial charge < -0.3 is 14.6 Å². The Morgan fingerprint density at radius 2 is 2.12 bits per heavy atom. The molecule has 1 aliphatic heterocycles. The van der Waals surface area contributed by atoms with Gasteiger partial charge in [0, 0.05) is 30.4 Å². The van der Waals surface area contributed by atoms with E-state index < -0.39 is 0 Å². The normalized spacial score (nSPS) is 24.5. The average Bonchev–Trinajstić information content (AvgIpc) is 3.33. The summed E-state index contributed by atoms with van der Waals surface area (Å²) in [6, 6.07) is 8.86. The summed E-state index contributed by atoms with van der Waals surface area (Å²) in [6.07, 6.45) is 3.22. The number of hydrogen-bond donors (Lipinski definition) is 1. The number of nitrogens with one attached hydrogen (secondary N) is 1. The average molecular weight is 326 g/mol. The number of furan rings is 1. The van der Waals surface area contributed by atoms with Crippen LogP contribution in [0.5, 0.6) is 0 Å². The fourth-order valence-corrected chi connectivity index (χ4v) is 3.77. The van der Waals surface area contributed by atoms with E-state index in [1.807, 2.05) is 6.07 Å². The number of likely N-dealkylation sites (tertiary alicyclic amines) is 1. The lowest BCUT2D eigenvalue weighted by molar-refractivity contribution is -0.134. The molecule has 1 aliphatic carbocycles. The van der Waals surface area contributed by atoms with Crippen LogP contribution in [0.3, 0.4) is 0 Å². The second-order valence-electron chi connectivity index (χ2n) is 7.57. The van der Waals surface area contributed by atoms with E-state index in [0.29, 0.717) is 23.8 Å². The van der Waals surface area contributed by atoms with E-state index in [2.05, 4.69) is 42.3 Å². The van der Waals surface area contributed by atoms with Crippen LogP contribution in [0.4, 0.5) is 0 Å². The maximum absolute atomic E-state index is 12.2. The van der Waals surface area contributed by atoms with Crippen LogP contribution in [0, 0.1) is 18.8 Å². The fraction of sp³-hybridized carbons (Fsp3) is 0.550. The molecular weight excluding hydrogens is 300 g/mol. The minimum atomic E-state index is 0.334. The van der Waals surface area contributed by atoms with Crippen molar-refractivity contribution in [2.24, 2.45) is 11.8 Å². The first kappa shape index (κ1) is 15.7. The summed E-state index contributed by atoms with van der Waals surface area (Å²) in [5, 5.41) is 4.81. The van der Waals surface area contributed by atoms with Crippen molar-refractivity contribution in [2.75, 3.05) is 13.1 Å². The molecule has 1 aromatic heterocycles. The SMILES string of the molecule is Cc1ccc2oc(CN[C@@H]3CCN(C(=O)C4CC4)C[C@H]3C)cc2c1. The number of rotatable bonds is 4. The largest absolute Gasteiger partial charge is 0.460 e. The molecule has 2 fully saturated rings. The van der Waals surface area contributed by atoms with E-state index >= 15 is 0 Å². The fourth-order valence-electron chi connectivity index (χ4n) is 3.77. The number of carbonyl (C=O) groups is 1. The highest BCUT2D eigenvalue weighted by atomic mass is 16.3. The van der Waals surface area contributed by atoms with Gasteiger partial charge in [0.2, 0.25) is 5.91 Å². The van der Waals surface area contributed by atoms with Gasteiger partial charge in [0.25, 0.3) is 0 Å². The zero-order valence-corrected chi connectivity index (χ0v) is 14.5. The predicted molar refractivity (Wildman–Crippen MR) is 94.7 cm³/mol. The highest BCUT2D eigenvalue weighted by Gasteiger charge is 2.36. The number of carbonyl (C=O) groups excluding carboxylic acids is 1. The molecule has 1 N–H and O–H groups in total. The van der Waals surface area contributed by atoms with Gasteiger partial charge in [-0.25, -0.2) is 0 Å². The molecule has 0 radical (unpaired) electrons. The Morgan fingerprint density at radius 1 is 1.29 bits per heavy atom. The van der Waals surface area contributed by atoms with Crippen molar-refractivity contribution in [3.8, 4) is 0 Å². The van der Waals surface area contributed by atoms with E-state index in [1.165, 1.54) is 10.9 Å². The molecule has 2 aliphatic rings. The van der Waals surface area contributed by atoms with Crippen LogP contribution in [-0.4, -0.2) is 29.9 Å². The van der Waals surface area contributed by atoms with Gasteiger partial charge in [0.05, 0.1) is 6.54 Å². The van der Waals surface area contributed by atoms with Crippen LogP contribution in [0.2, 0.25) is 0 Å². The third-order valence-corrected chi connectivity index (χ3v) is 5.40. The number of amides is 1. The van der Waals surface area contributed by atoms with Crippen molar-refractivity contribution < 1.29 is 9.21 Å². The minimum Gasteiger partial charge on any atom is -0.460 e. The standard InChI is InChI=1S/C20H26N2O2/c1-13-3-6-19-16(9-13)10-17(24-19)11-21-18-7-8-22(12-14(18)2)20(23)15-4-5-15/h3,6,9-10,14-15,18,21H,4-5,7-8,11-12H2,1-2H3/t14-,18-/m1/s1. The number of nitrogens with zero attached hydrogens (tertiary/aromatic N) is 1. The first-order valence-corrected chi connectivity index (χ1v) is 9.11. The maximum atomic E-state index is 12.2. The van der Waals surface area contributed by atoms with Gasteiger partial charge in [-0.05, 0) is 50.3 Å². The molecule has 4 nitrogen and oxygen atoms in total. The lowest BCUT2D eigenvalue weighted by atomic mass is 9.93. The van der Waals surface area contributed by atoms with Crippen molar-refractivity contribution in [3.63, 3.8) is 0 Å². The molecule has 4 heteroatoms. The highest BCUT2D eigenvalue weighted by molar-refractivity contribution is 5.81. The number of aryl methyl sites for hydroxylation is 1. The van der Waals surface area contributed by atoms with Crippen molar-refractivity contribution in [3.05, 3.63) is 35.6 Å². The molecule has 1 amide bonds. The number of benzene rings is 1. The summed E-state index contributed by atoms with van der Waals surface area (Å²) >= 11 is 0. The molecule has 1 saturated heterocycles. The maximum Gasteiger partial charge on any atom is 0.225 e. The molecular formula is C20H26N2O2. The second kappa shape index (κ2) is 6.25. The van der Waals surface area contributed by atoms with Gasteiger partial charge in [0.1, 0.15) is 11.3 Å². The summed E-state index contributed by atoms with van der Waals surface area (Å²) < 4.78 is 5.92. The molecule has 128 valence electrons. The minimum absolute atomic E-state index is 0.334. The van der Waals surface area contributed by atoms with E-state index in [0.717, 1.165) is 50.2 Å². The van der Waals surface area contributed by atoms with E-state index in [9.17, 15) is 4.79 Å². The Bertz CT molecular complexity index is 747. The summed E-state index contributed by atoms with van der Waals surface area (Å²) in [7, 11) is 0. The van der Waals surface area contributed by atoms with Crippen LogP contribution in [0.1, 0.15) is 37.5 Å². The highest BCUT2D eigenvalue weighted by Crippen LogP contribution is 2.32. The van der Waals surface area contributed by atoms with E-state index in [-0.39, 0.29) is 0 Å². The first-order chi connectivity index (χ1) is 11.6. The summed E-state index contributed by atoms with van der Waals surface area (Å²) in [5.74, 6) is 2.18. The van der Waals surface area contributed by atoms with Crippen LogP contribution in [0.15, 0.2) is 28.7 Å². The molecule has 24 heavy (non-hydrogen) atoms. The second-order valence-corrected chi connectivity index (χ2v) is 7.57. The molecule has 4 rings (SSSR count). The molecule has 1 aromatic carbocycles. The van der Waals surface area contributed by atoms with Gasteiger partial charge in [-0.2, -0.15) is 0 Å². The van der Waals surface area contributed by atoms with Crippen LogP contribution >= 0.6 is 0 Å². The quantitative estimate of drug-likeness (QED) is 0.935. The molecule has 2 aromatic rings. The van der Waals surface area contributed by atoms with Crippen molar-refractivity contribution in [1.82, 2.24) is 10.2 Å². The van der Waals surface area contributed by atoms with Gasteiger partial charge in [-0.15, -0.1) is 0 Å². The molecule has 0 unspecified atom stereocenters. The zero-order valence-electron chi connectivity index (χ0n) is 14.5. The Morgan fingerprint density at radius 3 is 2.88 bits per heavy atom. The Kier molecular flexibility index (Phi) is 4.09. The third-order valence-electron chi connectivity index (χ3n) is 5.40. The molecule has 1 saturated carbocycles. The van der Waals surface area contributed by atoms with Crippen LogP contribution < -0.4 is 5.32 Å². The number of hydrogen-bond acceptors (Lipinski definition) is 3. The lowest BCUT2D eigenvalue weighted by Crippen LogP contribution is -2.50. The molecule has 2 heterocycles. The van der Waals surface area contributed by atoms with Crippen LogP contribution in [0.25, 0.3) is 11.0 Å². The topological polar surface area (TPSA) is 45.5 Å². The third kappa shape index (κ3) is 3.20. The summed E-state index contributed by atoms with van der Waals surface area (Å²) in [6.45, 7) is 6.86. The molecule has 0 bridgehead atoms. The molecule has 2 atom stereocenters. The first-order valence-electron chi connectivity index (χ1n) is 9.11. The van der Waals surface area contributed by atoms with Gasteiger partial charge in [0.15, 0.2) is 0 Å². The number of fused-ring (bicyclic) bond motifs is 1. The predicted octanol–water partition coefficient (Wildman–Crippen LogP) is 3.48. The van der Waals surface area contributed by atoms with Crippen molar-refractivity contribution in [1.29, 1.82) is 0 Å². The smallest absolute Gasteiger partial charge is 0.225 e. The van der Waals surface area contributed by atoms with E-state index in [4.69, 9.17) is 4.42 Å². The summed E-state index contributed by atoms with van der Waals surface area (Å²) in [5.41, 5.74) is 2.21.